The molecule has 3 nitrogen and oxygen atoms in total. The van der Waals surface area contributed by atoms with Crippen molar-refractivity contribution in [3.05, 3.63) is 34.9 Å². The Hall–Kier alpha value is -1.35. The van der Waals surface area contributed by atoms with Crippen LogP contribution in [-0.2, 0) is 9.53 Å². The van der Waals surface area contributed by atoms with Gasteiger partial charge in [0.2, 0.25) is 0 Å². The summed E-state index contributed by atoms with van der Waals surface area (Å²) in [6.45, 7) is 6.38. The van der Waals surface area contributed by atoms with Gasteiger partial charge in [0, 0.05) is 6.04 Å². The molecule has 0 aromatic heterocycles. The number of rotatable bonds is 5. The van der Waals surface area contributed by atoms with Gasteiger partial charge < -0.3 is 10.1 Å². The molecule has 0 fully saturated rings. The summed E-state index contributed by atoms with van der Waals surface area (Å²) in [6.07, 6.45) is 0.368. The molecule has 1 aromatic rings. The highest BCUT2D eigenvalue weighted by Crippen LogP contribution is 2.20. The van der Waals surface area contributed by atoms with Gasteiger partial charge in [-0.05, 0) is 33.4 Å². The quantitative estimate of drug-likeness (QED) is 0.797. The standard InChI is InChI=1S/C14H21NO2/c1-5-17-14(16)9-13(15-4)12-7-10(2)6-11(3)8-12/h6-8,13,15H,5,9H2,1-4H3. The number of hydrogen-bond donors (Lipinski definition) is 1. The minimum atomic E-state index is -0.161. The van der Waals surface area contributed by atoms with Crippen molar-refractivity contribution in [1.29, 1.82) is 0 Å². The third-order valence-electron chi connectivity index (χ3n) is 2.67. The van der Waals surface area contributed by atoms with Gasteiger partial charge in [0.15, 0.2) is 0 Å². The molecule has 0 aliphatic carbocycles. The smallest absolute Gasteiger partial charge is 0.307 e. The minimum Gasteiger partial charge on any atom is -0.466 e. The highest BCUT2D eigenvalue weighted by atomic mass is 16.5. The van der Waals surface area contributed by atoms with Crippen molar-refractivity contribution < 1.29 is 9.53 Å². The molecule has 1 atom stereocenters. The van der Waals surface area contributed by atoms with E-state index in [4.69, 9.17) is 4.74 Å². The number of aryl methyl sites for hydroxylation is 2. The van der Waals surface area contributed by atoms with E-state index in [0.717, 1.165) is 5.56 Å². The van der Waals surface area contributed by atoms with E-state index in [1.54, 1.807) is 0 Å². The van der Waals surface area contributed by atoms with Gasteiger partial charge in [0.25, 0.3) is 0 Å². The third-order valence-corrected chi connectivity index (χ3v) is 2.67. The van der Waals surface area contributed by atoms with E-state index in [1.807, 2.05) is 14.0 Å². The number of carbonyl (C=O) groups excluding carboxylic acids is 1. The topological polar surface area (TPSA) is 38.3 Å². The fourth-order valence-corrected chi connectivity index (χ4v) is 1.98. The molecule has 1 aromatic carbocycles. The van der Waals surface area contributed by atoms with Crippen molar-refractivity contribution in [3.63, 3.8) is 0 Å². The van der Waals surface area contributed by atoms with Crippen LogP contribution in [0.3, 0.4) is 0 Å². The lowest BCUT2D eigenvalue weighted by molar-refractivity contribution is -0.143. The first kappa shape index (κ1) is 13.7. The number of ether oxygens (including phenoxy) is 1. The lowest BCUT2D eigenvalue weighted by Crippen LogP contribution is -2.21. The van der Waals surface area contributed by atoms with Gasteiger partial charge in [0.05, 0.1) is 13.0 Å². The molecule has 94 valence electrons. The van der Waals surface area contributed by atoms with Crippen LogP contribution in [-0.4, -0.2) is 19.6 Å². The van der Waals surface area contributed by atoms with Gasteiger partial charge in [0.1, 0.15) is 0 Å². The highest BCUT2D eigenvalue weighted by molar-refractivity contribution is 5.70. The zero-order chi connectivity index (χ0) is 12.8. The van der Waals surface area contributed by atoms with Gasteiger partial charge in [-0.1, -0.05) is 29.3 Å². The van der Waals surface area contributed by atoms with Crippen LogP contribution in [0.15, 0.2) is 18.2 Å². The predicted molar refractivity (Wildman–Crippen MR) is 69.0 cm³/mol. The zero-order valence-electron chi connectivity index (χ0n) is 11.0. The Morgan fingerprint density at radius 2 is 1.88 bits per heavy atom. The lowest BCUT2D eigenvalue weighted by Gasteiger charge is -2.17. The number of hydrogen-bond acceptors (Lipinski definition) is 3. The Morgan fingerprint density at radius 1 is 1.29 bits per heavy atom. The van der Waals surface area contributed by atoms with Gasteiger partial charge in [-0.25, -0.2) is 0 Å². The lowest BCUT2D eigenvalue weighted by atomic mass is 9.99. The van der Waals surface area contributed by atoms with E-state index < -0.39 is 0 Å². The Balaban J connectivity index is 2.82. The Morgan fingerprint density at radius 3 is 2.35 bits per heavy atom. The summed E-state index contributed by atoms with van der Waals surface area (Å²) in [6, 6.07) is 6.36. The van der Waals surface area contributed by atoms with Crippen LogP contribution >= 0.6 is 0 Å². The molecule has 1 rings (SSSR count). The van der Waals surface area contributed by atoms with Gasteiger partial charge >= 0.3 is 5.97 Å². The molecule has 0 radical (unpaired) electrons. The first-order valence-electron chi connectivity index (χ1n) is 5.98. The van der Waals surface area contributed by atoms with Crippen molar-refractivity contribution in [2.45, 2.75) is 33.2 Å². The predicted octanol–water partition coefficient (Wildman–Crippen LogP) is 2.52. The SMILES string of the molecule is CCOC(=O)CC(NC)c1cc(C)cc(C)c1. The maximum atomic E-state index is 11.5. The summed E-state index contributed by atoms with van der Waals surface area (Å²) >= 11 is 0. The van der Waals surface area contributed by atoms with Crippen LogP contribution in [0, 0.1) is 13.8 Å². The Kier molecular flexibility index (Phi) is 5.16. The summed E-state index contributed by atoms with van der Waals surface area (Å²) in [4.78, 5) is 11.5. The number of nitrogens with one attached hydrogen (secondary N) is 1. The molecule has 1 N–H and O–H groups in total. The molecular weight excluding hydrogens is 214 g/mol. The Labute approximate surface area is 103 Å². The first-order chi connectivity index (χ1) is 8.06. The molecule has 0 aliphatic heterocycles. The number of esters is 1. The van der Waals surface area contributed by atoms with Gasteiger partial charge in [-0.2, -0.15) is 0 Å². The summed E-state index contributed by atoms with van der Waals surface area (Å²) in [5.41, 5.74) is 3.56. The number of benzene rings is 1. The molecule has 1 unspecified atom stereocenters. The molecule has 0 spiro atoms. The summed E-state index contributed by atoms with van der Waals surface area (Å²) in [5, 5.41) is 3.16. The fraction of sp³-hybridized carbons (Fsp3) is 0.500. The maximum Gasteiger partial charge on any atom is 0.307 e. The third kappa shape index (κ3) is 4.19. The second-order valence-corrected chi connectivity index (χ2v) is 4.27. The van der Waals surface area contributed by atoms with Crippen molar-refractivity contribution in [2.75, 3.05) is 13.7 Å². The number of carbonyl (C=O) groups is 1. The summed E-state index contributed by atoms with van der Waals surface area (Å²) in [7, 11) is 1.86. The van der Waals surface area contributed by atoms with Crippen LogP contribution in [0.4, 0.5) is 0 Å². The van der Waals surface area contributed by atoms with Crippen molar-refractivity contribution in [1.82, 2.24) is 5.32 Å². The molecule has 0 amide bonds. The second kappa shape index (κ2) is 6.40. The van der Waals surface area contributed by atoms with E-state index in [-0.39, 0.29) is 12.0 Å². The van der Waals surface area contributed by atoms with Crippen LogP contribution in [0.25, 0.3) is 0 Å². The van der Waals surface area contributed by atoms with Crippen LogP contribution < -0.4 is 5.32 Å². The first-order valence-corrected chi connectivity index (χ1v) is 5.98. The summed E-state index contributed by atoms with van der Waals surface area (Å²) in [5.74, 6) is -0.161. The molecule has 3 heteroatoms. The van der Waals surface area contributed by atoms with Crippen LogP contribution in [0.1, 0.15) is 36.1 Å². The largest absolute Gasteiger partial charge is 0.466 e. The molecular formula is C14H21NO2. The maximum absolute atomic E-state index is 11.5. The zero-order valence-corrected chi connectivity index (χ0v) is 11.0. The van der Waals surface area contributed by atoms with Crippen molar-refractivity contribution in [2.24, 2.45) is 0 Å². The normalized spacial score (nSPS) is 12.2. The van der Waals surface area contributed by atoms with Crippen LogP contribution in [0.2, 0.25) is 0 Å². The average Bonchev–Trinajstić information content (AvgIpc) is 2.24. The monoisotopic (exact) mass is 235 g/mol. The fourth-order valence-electron chi connectivity index (χ4n) is 1.98. The molecule has 0 saturated heterocycles. The Bertz CT molecular complexity index is 368. The van der Waals surface area contributed by atoms with E-state index in [0.29, 0.717) is 13.0 Å². The van der Waals surface area contributed by atoms with Crippen molar-refractivity contribution >= 4 is 5.97 Å². The minimum absolute atomic E-state index is 0.0210. The van der Waals surface area contributed by atoms with E-state index >= 15 is 0 Å². The van der Waals surface area contributed by atoms with Crippen LogP contribution in [0.5, 0.6) is 0 Å². The van der Waals surface area contributed by atoms with E-state index in [9.17, 15) is 4.79 Å². The molecule has 0 saturated carbocycles. The van der Waals surface area contributed by atoms with Gasteiger partial charge in [-0.15, -0.1) is 0 Å². The molecule has 0 bridgehead atoms. The van der Waals surface area contributed by atoms with Gasteiger partial charge in [-0.3, -0.25) is 4.79 Å². The average molecular weight is 235 g/mol. The van der Waals surface area contributed by atoms with E-state index in [1.165, 1.54) is 11.1 Å². The molecule has 17 heavy (non-hydrogen) atoms. The molecule has 0 aliphatic rings. The highest BCUT2D eigenvalue weighted by Gasteiger charge is 2.15. The second-order valence-electron chi connectivity index (χ2n) is 4.27. The summed E-state index contributed by atoms with van der Waals surface area (Å²) < 4.78 is 4.98. The molecule has 0 heterocycles. The van der Waals surface area contributed by atoms with Crippen molar-refractivity contribution in [3.8, 4) is 0 Å². The van der Waals surface area contributed by atoms with E-state index in [2.05, 4.69) is 37.4 Å².